The molecule has 6 heteroatoms. The molecule has 0 aliphatic heterocycles. The average molecular weight is 211 g/mol. The van der Waals surface area contributed by atoms with Gasteiger partial charge in [0.2, 0.25) is 17.5 Å². The third-order valence-corrected chi connectivity index (χ3v) is 1.73. The zero-order valence-corrected chi connectivity index (χ0v) is 8.14. The number of halogens is 1. The number of rotatable bonds is 2. The summed E-state index contributed by atoms with van der Waals surface area (Å²) in [6.07, 6.45) is 3.23. The molecule has 0 aromatic carbocycles. The Labute approximate surface area is 85.1 Å². The first kappa shape index (κ1) is 9.08. The fraction of sp³-hybridized carbons (Fsp3) is 0.250. The minimum atomic E-state index is -0.306. The minimum absolute atomic E-state index is 0.306. The zero-order valence-electron chi connectivity index (χ0n) is 7.38. The van der Waals surface area contributed by atoms with Gasteiger partial charge >= 0.3 is 0 Å². The van der Waals surface area contributed by atoms with Crippen molar-refractivity contribution < 1.29 is 4.52 Å². The predicted molar refractivity (Wildman–Crippen MR) is 49.6 cm³/mol. The number of nitrogens with zero attached hydrogens (tertiary/aromatic N) is 4. The molecule has 14 heavy (non-hydrogen) atoms. The third kappa shape index (κ3) is 1.72. The molecule has 0 saturated carbocycles. The molecule has 0 radical (unpaired) electrons. The van der Waals surface area contributed by atoms with Crippen LogP contribution < -0.4 is 0 Å². The Morgan fingerprint density at radius 3 is 2.57 bits per heavy atom. The second-order valence-electron chi connectivity index (χ2n) is 2.64. The third-order valence-electron chi connectivity index (χ3n) is 1.55. The topological polar surface area (TPSA) is 64.7 Å². The van der Waals surface area contributed by atoms with Crippen LogP contribution in [0.4, 0.5) is 0 Å². The van der Waals surface area contributed by atoms with Crippen molar-refractivity contribution in [3.05, 3.63) is 24.4 Å². The lowest BCUT2D eigenvalue weighted by Gasteiger charge is -1.90. The smallest absolute Gasteiger partial charge is 0.244 e. The summed E-state index contributed by atoms with van der Waals surface area (Å²) >= 11 is 5.77. The van der Waals surface area contributed by atoms with Crippen molar-refractivity contribution in [3.8, 4) is 11.6 Å². The van der Waals surface area contributed by atoms with E-state index in [4.69, 9.17) is 16.1 Å². The highest BCUT2D eigenvalue weighted by atomic mass is 35.5. The van der Waals surface area contributed by atoms with Gasteiger partial charge in [-0.25, -0.2) is 9.97 Å². The molecule has 0 N–H and O–H groups in total. The van der Waals surface area contributed by atoms with Gasteiger partial charge in [-0.05, 0) is 13.0 Å². The van der Waals surface area contributed by atoms with Crippen molar-refractivity contribution in [3.63, 3.8) is 0 Å². The Kier molecular flexibility index (Phi) is 2.41. The van der Waals surface area contributed by atoms with Gasteiger partial charge in [-0.1, -0.05) is 5.16 Å². The highest BCUT2D eigenvalue weighted by Gasteiger charge is 2.13. The van der Waals surface area contributed by atoms with E-state index in [1.54, 1.807) is 25.4 Å². The summed E-state index contributed by atoms with van der Waals surface area (Å²) in [7, 11) is 0. The molecule has 0 fully saturated rings. The first-order valence-electron chi connectivity index (χ1n) is 4.02. The SMILES string of the molecule is CC(Cl)c1nc(-c2ncccn2)no1. The van der Waals surface area contributed by atoms with E-state index in [-0.39, 0.29) is 5.38 Å². The Morgan fingerprint density at radius 2 is 2.00 bits per heavy atom. The Morgan fingerprint density at radius 1 is 1.29 bits per heavy atom. The zero-order chi connectivity index (χ0) is 9.97. The summed E-state index contributed by atoms with van der Waals surface area (Å²) in [6.45, 7) is 1.75. The van der Waals surface area contributed by atoms with E-state index in [2.05, 4.69) is 20.1 Å². The molecule has 1 atom stereocenters. The molecule has 0 amide bonds. The predicted octanol–water partition coefficient (Wildman–Crippen LogP) is 1.83. The van der Waals surface area contributed by atoms with E-state index in [0.29, 0.717) is 17.5 Å². The Bertz CT molecular complexity index is 414. The summed E-state index contributed by atoms with van der Waals surface area (Å²) in [4.78, 5) is 12.0. The molecule has 0 spiro atoms. The fourth-order valence-electron chi connectivity index (χ4n) is 0.902. The van der Waals surface area contributed by atoms with Crippen LogP contribution >= 0.6 is 11.6 Å². The van der Waals surface area contributed by atoms with Crippen molar-refractivity contribution in [1.82, 2.24) is 20.1 Å². The largest absolute Gasteiger partial charge is 0.337 e. The highest BCUT2D eigenvalue weighted by Crippen LogP contribution is 2.19. The lowest BCUT2D eigenvalue weighted by Crippen LogP contribution is -1.89. The van der Waals surface area contributed by atoms with Crippen LogP contribution in [-0.4, -0.2) is 20.1 Å². The maximum atomic E-state index is 5.77. The molecule has 2 aromatic rings. The first-order valence-corrected chi connectivity index (χ1v) is 4.46. The number of aromatic nitrogens is 4. The van der Waals surface area contributed by atoms with Crippen LogP contribution in [0.25, 0.3) is 11.6 Å². The van der Waals surface area contributed by atoms with Crippen LogP contribution in [0.5, 0.6) is 0 Å². The van der Waals surface area contributed by atoms with Crippen molar-refractivity contribution >= 4 is 11.6 Å². The molecule has 2 heterocycles. The van der Waals surface area contributed by atoms with Gasteiger partial charge in [0, 0.05) is 12.4 Å². The second-order valence-corrected chi connectivity index (χ2v) is 3.30. The van der Waals surface area contributed by atoms with Crippen LogP contribution in [0.1, 0.15) is 18.2 Å². The second kappa shape index (κ2) is 3.71. The summed E-state index contributed by atoms with van der Waals surface area (Å²) in [5.41, 5.74) is 0. The van der Waals surface area contributed by atoms with Crippen LogP contribution in [0.3, 0.4) is 0 Å². The summed E-state index contributed by atoms with van der Waals surface area (Å²) in [6, 6.07) is 1.72. The van der Waals surface area contributed by atoms with Crippen LogP contribution in [0.2, 0.25) is 0 Å². The number of hydrogen-bond donors (Lipinski definition) is 0. The molecule has 0 aliphatic carbocycles. The molecule has 0 saturated heterocycles. The van der Waals surface area contributed by atoms with Gasteiger partial charge in [-0.3, -0.25) is 0 Å². The molecular formula is C8H7ClN4O. The molecular weight excluding hydrogens is 204 g/mol. The molecule has 2 aromatic heterocycles. The fourth-order valence-corrected chi connectivity index (χ4v) is 0.991. The number of hydrogen-bond acceptors (Lipinski definition) is 5. The minimum Gasteiger partial charge on any atom is -0.337 e. The van der Waals surface area contributed by atoms with Crippen molar-refractivity contribution in [2.24, 2.45) is 0 Å². The summed E-state index contributed by atoms with van der Waals surface area (Å²) in [5.74, 6) is 1.15. The lowest BCUT2D eigenvalue weighted by atomic mass is 10.5. The van der Waals surface area contributed by atoms with Crippen molar-refractivity contribution in [1.29, 1.82) is 0 Å². The van der Waals surface area contributed by atoms with Crippen LogP contribution in [0, 0.1) is 0 Å². The van der Waals surface area contributed by atoms with Crippen molar-refractivity contribution in [2.45, 2.75) is 12.3 Å². The summed E-state index contributed by atoms with van der Waals surface area (Å²) < 4.78 is 4.91. The molecule has 2 rings (SSSR count). The van der Waals surface area contributed by atoms with Crippen LogP contribution in [0.15, 0.2) is 23.0 Å². The summed E-state index contributed by atoms with van der Waals surface area (Å²) in [5, 5.41) is 3.41. The van der Waals surface area contributed by atoms with E-state index >= 15 is 0 Å². The standard InChI is InChI=1S/C8H7ClN4O/c1-5(9)8-12-7(13-14-8)6-10-3-2-4-11-6/h2-5H,1H3. The van der Waals surface area contributed by atoms with Gasteiger partial charge < -0.3 is 4.52 Å². The van der Waals surface area contributed by atoms with E-state index in [0.717, 1.165) is 0 Å². The van der Waals surface area contributed by atoms with Gasteiger partial charge in [0.05, 0.1) is 0 Å². The normalized spacial score (nSPS) is 12.7. The monoisotopic (exact) mass is 210 g/mol. The van der Waals surface area contributed by atoms with E-state index in [1.807, 2.05) is 0 Å². The maximum Gasteiger partial charge on any atom is 0.244 e. The molecule has 1 unspecified atom stereocenters. The van der Waals surface area contributed by atoms with E-state index in [1.165, 1.54) is 0 Å². The Hall–Kier alpha value is -1.49. The number of alkyl halides is 1. The maximum absolute atomic E-state index is 5.77. The molecule has 0 bridgehead atoms. The molecule has 72 valence electrons. The first-order chi connectivity index (χ1) is 6.77. The quantitative estimate of drug-likeness (QED) is 0.708. The van der Waals surface area contributed by atoms with Crippen molar-refractivity contribution in [2.75, 3.05) is 0 Å². The highest BCUT2D eigenvalue weighted by molar-refractivity contribution is 6.20. The van der Waals surface area contributed by atoms with Gasteiger partial charge in [-0.2, -0.15) is 4.98 Å². The average Bonchev–Trinajstić information content (AvgIpc) is 2.68. The van der Waals surface area contributed by atoms with Gasteiger partial charge in [0.15, 0.2) is 0 Å². The van der Waals surface area contributed by atoms with Gasteiger partial charge in [0.1, 0.15) is 5.38 Å². The molecule has 0 aliphatic rings. The van der Waals surface area contributed by atoms with E-state index < -0.39 is 0 Å². The van der Waals surface area contributed by atoms with Crippen LogP contribution in [-0.2, 0) is 0 Å². The molecule has 5 nitrogen and oxygen atoms in total. The van der Waals surface area contributed by atoms with E-state index in [9.17, 15) is 0 Å². The van der Waals surface area contributed by atoms with Gasteiger partial charge in [0.25, 0.3) is 0 Å². The Balaban J connectivity index is 2.34. The lowest BCUT2D eigenvalue weighted by molar-refractivity contribution is 0.379. The van der Waals surface area contributed by atoms with Gasteiger partial charge in [-0.15, -0.1) is 11.6 Å².